The van der Waals surface area contributed by atoms with Crippen LogP contribution in [0, 0.1) is 0 Å². The van der Waals surface area contributed by atoms with Crippen LogP contribution < -0.4 is 10.2 Å². The summed E-state index contributed by atoms with van der Waals surface area (Å²) in [6.45, 7) is 4.50. The number of nitrogens with one attached hydrogen (secondary N) is 1. The second-order valence-electron chi connectivity index (χ2n) is 21.0. The quantitative estimate of drug-likeness (QED) is 0.0272. The van der Waals surface area contributed by atoms with E-state index in [1.165, 1.54) is 83.5 Å². The minimum absolute atomic E-state index is 0.0156. The Labute approximate surface area is 468 Å². The summed E-state index contributed by atoms with van der Waals surface area (Å²) in [5.41, 5.74) is 0. The van der Waals surface area contributed by atoms with Gasteiger partial charge in [-0.15, -0.1) is 0 Å². The number of aliphatic hydroxyl groups excluding tert-OH is 1. The Hall–Kier alpha value is -3.62. The van der Waals surface area contributed by atoms with Gasteiger partial charge in [-0.1, -0.05) is 256 Å². The monoisotopic (exact) mass is 1070 g/mol. The van der Waals surface area contributed by atoms with Crippen molar-refractivity contribution in [2.24, 2.45) is 0 Å². The van der Waals surface area contributed by atoms with Crippen molar-refractivity contribution in [1.29, 1.82) is 0 Å². The number of hydrogen-bond acceptors (Lipinski definition) is 6. The Balaban J connectivity index is 4.28. The fourth-order valence-electron chi connectivity index (χ4n) is 7.86. The van der Waals surface area contributed by atoms with E-state index < -0.39 is 26.6 Å². The summed E-state index contributed by atoms with van der Waals surface area (Å²) in [4.78, 5) is 25.5. The van der Waals surface area contributed by atoms with Crippen LogP contribution in [-0.2, 0) is 18.4 Å². The maximum atomic E-state index is 13.0. The molecule has 1 amide bonds. The molecule has 0 aromatic rings. The number of allylic oxidation sites excluding steroid dienone is 23. The van der Waals surface area contributed by atoms with E-state index in [4.69, 9.17) is 9.05 Å². The normalized spacial score (nSPS) is 14.9. The molecule has 8 nitrogen and oxygen atoms in total. The molecule has 0 bridgehead atoms. The van der Waals surface area contributed by atoms with Gasteiger partial charge in [0, 0.05) is 6.42 Å². The van der Waals surface area contributed by atoms with Crippen molar-refractivity contribution in [3.05, 3.63) is 146 Å². The van der Waals surface area contributed by atoms with Crippen LogP contribution in [0.3, 0.4) is 0 Å². The predicted octanol–water partition coefficient (Wildman–Crippen LogP) is 18.2. The second kappa shape index (κ2) is 56.1. The lowest BCUT2D eigenvalue weighted by Crippen LogP contribution is -2.45. The molecule has 9 heteroatoms. The number of rotatable bonds is 53. The number of phosphoric acid groups is 1. The average Bonchev–Trinajstić information content (AvgIpc) is 3.38. The molecule has 3 unspecified atom stereocenters. The summed E-state index contributed by atoms with van der Waals surface area (Å²) in [6.07, 6.45) is 86.4. The fourth-order valence-corrected chi connectivity index (χ4v) is 8.59. The van der Waals surface area contributed by atoms with Crippen molar-refractivity contribution in [2.45, 2.75) is 231 Å². The minimum atomic E-state index is -4.62. The van der Waals surface area contributed by atoms with E-state index in [1.807, 2.05) is 27.2 Å². The Morgan fingerprint density at radius 3 is 1.17 bits per heavy atom. The Morgan fingerprint density at radius 1 is 0.474 bits per heavy atom. The summed E-state index contributed by atoms with van der Waals surface area (Å²) in [5.74, 6) is -0.235. The van der Waals surface area contributed by atoms with Crippen molar-refractivity contribution in [2.75, 3.05) is 40.9 Å². The van der Waals surface area contributed by atoms with Crippen LogP contribution in [0.4, 0.5) is 0 Å². The van der Waals surface area contributed by atoms with Gasteiger partial charge >= 0.3 is 0 Å². The third-order valence-electron chi connectivity index (χ3n) is 12.6. The molecular formula is C67H113N2O6P. The summed E-state index contributed by atoms with van der Waals surface area (Å²) < 4.78 is 23.3. The van der Waals surface area contributed by atoms with Gasteiger partial charge in [0.05, 0.1) is 39.9 Å². The number of aliphatic hydroxyl groups is 1. The zero-order valence-corrected chi connectivity index (χ0v) is 50.0. The van der Waals surface area contributed by atoms with Gasteiger partial charge in [0.1, 0.15) is 13.2 Å². The van der Waals surface area contributed by atoms with E-state index >= 15 is 0 Å². The number of phosphoric ester groups is 1. The first kappa shape index (κ1) is 72.4. The lowest BCUT2D eigenvalue weighted by Gasteiger charge is -2.29. The predicted molar refractivity (Wildman–Crippen MR) is 329 cm³/mol. The number of carbonyl (C=O) groups is 1. The maximum absolute atomic E-state index is 13.0. The Morgan fingerprint density at radius 2 is 0.803 bits per heavy atom. The molecule has 0 aliphatic rings. The largest absolute Gasteiger partial charge is 0.756 e. The van der Waals surface area contributed by atoms with Crippen LogP contribution in [0.1, 0.15) is 219 Å². The van der Waals surface area contributed by atoms with Crippen LogP contribution in [-0.4, -0.2) is 68.5 Å². The lowest BCUT2D eigenvalue weighted by atomic mass is 10.0. The first-order valence-electron chi connectivity index (χ1n) is 30.2. The molecule has 0 aromatic heterocycles. The van der Waals surface area contributed by atoms with Crippen LogP contribution in [0.2, 0.25) is 0 Å². The summed E-state index contributed by atoms with van der Waals surface area (Å²) in [7, 11) is 1.22. The van der Waals surface area contributed by atoms with E-state index in [1.54, 1.807) is 6.08 Å². The van der Waals surface area contributed by atoms with Crippen LogP contribution in [0.25, 0.3) is 0 Å². The van der Waals surface area contributed by atoms with Gasteiger partial charge in [-0.2, -0.15) is 0 Å². The molecule has 0 aliphatic heterocycles. The van der Waals surface area contributed by atoms with Gasteiger partial charge in [-0.25, -0.2) is 0 Å². The molecule has 0 rings (SSSR count). The topological polar surface area (TPSA) is 108 Å². The first-order chi connectivity index (χ1) is 37.0. The van der Waals surface area contributed by atoms with Gasteiger partial charge < -0.3 is 28.8 Å². The van der Waals surface area contributed by atoms with E-state index in [2.05, 4.69) is 153 Å². The Bertz CT molecular complexity index is 1740. The third-order valence-corrected chi connectivity index (χ3v) is 13.5. The van der Waals surface area contributed by atoms with Crippen LogP contribution >= 0.6 is 7.82 Å². The molecule has 0 aliphatic carbocycles. The van der Waals surface area contributed by atoms with Crippen molar-refractivity contribution in [3.63, 3.8) is 0 Å². The van der Waals surface area contributed by atoms with E-state index in [0.717, 1.165) is 109 Å². The first-order valence-corrected chi connectivity index (χ1v) is 31.7. The van der Waals surface area contributed by atoms with Crippen LogP contribution in [0.15, 0.2) is 146 Å². The van der Waals surface area contributed by atoms with Crippen molar-refractivity contribution in [1.82, 2.24) is 5.32 Å². The number of unbranched alkanes of at least 4 members (excludes halogenated alkanes) is 18. The number of amides is 1. The van der Waals surface area contributed by atoms with Crippen molar-refractivity contribution >= 4 is 13.7 Å². The highest BCUT2D eigenvalue weighted by atomic mass is 31.2. The Kier molecular flexibility index (Phi) is 53.4. The number of hydrogen-bond donors (Lipinski definition) is 2. The highest BCUT2D eigenvalue weighted by Crippen LogP contribution is 2.38. The molecular weight excluding hydrogens is 960 g/mol. The van der Waals surface area contributed by atoms with Crippen molar-refractivity contribution in [3.8, 4) is 0 Å². The van der Waals surface area contributed by atoms with Gasteiger partial charge in [0.2, 0.25) is 5.91 Å². The van der Waals surface area contributed by atoms with E-state index in [-0.39, 0.29) is 12.5 Å². The van der Waals surface area contributed by atoms with Gasteiger partial charge in [0.15, 0.2) is 0 Å². The molecule has 0 aromatic carbocycles. The minimum Gasteiger partial charge on any atom is -0.756 e. The molecule has 76 heavy (non-hydrogen) atoms. The number of quaternary nitrogens is 1. The van der Waals surface area contributed by atoms with Gasteiger partial charge in [-0.05, 0) is 103 Å². The summed E-state index contributed by atoms with van der Waals surface area (Å²) in [6, 6.07) is -0.916. The molecule has 2 N–H and O–H groups in total. The standard InChI is InChI=1S/C67H113N2O6P/c1-6-8-10-12-14-16-18-20-22-24-25-26-27-28-29-30-31-32-33-34-35-36-37-38-39-40-41-42-43-45-47-49-51-53-55-57-59-61-67(71)68-65(64-75-76(72,73)74-63-62-69(3,4)5)66(70)60-58-56-54-52-50-48-46-44-23-21-19-17-15-13-11-9-7-2/h8,10,14,16,20,22,25-26,28-29,31-32,34-35,37-38,40-41,43,45,49,51,58,60,65-66,70H,6-7,9,11-13,15,17-19,21,23-24,27,30,33,36,39,42,44,46-48,50,52-57,59,61-64H2,1-5H3,(H-,68,71,72,73)/b10-8-,16-14-,22-20-,26-25-,29-28-,32-31-,35-34-,38-37-,41-40-,45-43-,51-49-,60-58+. The highest BCUT2D eigenvalue weighted by Gasteiger charge is 2.23. The summed E-state index contributed by atoms with van der Waals surface area (Å²) >= 11 is 0. The molecule has 432 valence electrons. The zero-order chi connectivity index (χ0) is 55.6. The molecule has 0 heterocycles. The molecule has 0 saturated carbocycles. The third kappa shape index (κ3) is 58.1. The average molecular weight is 1070 g/mol. The lowest BCUT2D eigenvalue weighted by molar-refractivity contribution is -0.870. The second-order valence-corrected chi connectivity index (χ2v) is 22.4. The molecule has 0 spiro atoms. The number of likely N-dealkylation sites (N-methyl/N-ethyl adjacent to an activating group) is 1. The number of carbonyl (C=O) groups excluding carboxylic acids is 1. The van der Waals surface area contributed by atoms with Crippen LogP contribution in [0.5, 0.6) is 0 Å². The van der Waals surface area contributed by atoms with Gasteiger partial charge in [-0.3, -0.25) is 9.36 Å². The van der Waals surface area contributed by atoms with Gasteiger partial charge in [0.25, 0.3) is 7.82 Å². The van der Waals surface area contributed by atoms with E-state index in [9.17, 15) is 19.4 Å². The fraction of sp³-hybridized carbons (Fsp3) is 0.627. The summed E-state index contributed by atoms with van der Waals surface area (Å²) in [5, 5.41) is 13.9. The smallest absolute Gasteiger partial charge is 0.268 e. The highest BCUT2D eigenvalue weighted by molar-refractivity contribution is 7.45. The SMILES string of the molecule is CC/C=C\C/C=C\C/C=C\C/C=C\C/C=C\C/C=C\C/C=C\C/C=C\C/C=C\C/C=C\C/C=C\CCCCCC(=O)NC(COP(=O)([O-])OCC[N+](C)(C)C)C(O)/C=C/CCCCCCCCCCCCCCCCC. The molecule has 0 saturated heterocycles. The van der Waals surface area contributed by atoms with Crippen molar-refractivity contribution < 1.29 is 32.9 Å². The number of nitrogens with zero attached hydrogens (tertiary/aromatic N) is 1. The molecule has 3 atom stereocenters. The zero-order valence-electron chi connectivity index (χ0n) is 49.1. The maximum Gasteiger partial charge on any atom is 0.268 e. The molecule has 0 fully saturated rings. The molecule has 0 radical (unpaired) electrons. The van der Waals surface area contributed by atoms with E-state index in [0.29, 0.717) is 23.9 Å².